The molecule has 1 rings (SSSR count). The van der Waals surface area contributed by atoms with Crippen molar-refractivity contribution < 1.29 is 0 Å². The third-order valence-corrected chi connectivity index (χ3v) is 2.87. The van der Waals surface area contributed by atoms with Gasteiger partial charge in [0.2, 0.25) is 0 Å². The molecule has 1 aromatic carbocycles. The first kappa shape index (κ1) is 11.8. The van der Waals surface area contributed by atoms with Crippen molar-refractivity contribution in [2.45, 2.75) is 13.0 Å². The summed E-state index contributed by atoms with van der Waals surface area (Å²) >= 11 is 11.5. The van der Waals surface area contributed by atoms with Crippen molar-refractivity contribution in [2.75, 3.05) is 19.5 Å². The summed E-state index contributed by atoms with van der Waals surface area (Å²) in [6.45, 7) is 3.06. The largest absolute Gasteiger partial charge is 0.298 e. The van der Waals surface area contributed by atoms with Crippen LogP contribution in [-0.4, -0.2) is 24.4 Å². The molecule has 3 heteroatoms. The van der Waals surface area contributed by atoms with Crippen LogP contribution >= 0.6 is 23.2 Å². The monoisotopic (exact) mass is 231 g/mol. The first-order chi connectivity index (χ1) is 6.65. The summed E-state index contributed by atoms with van der Waals surface area (Å²) in [6, 6.07) is 8.32. The van der Waals surface area contributed by atoms with E-state index in [-0.39, 0.29) is 0 Å². The van der Waals surface area contributed by atoms with Gasteiger partial charge in [-0.1, -0.05) is 23.7 Å². The highest BCUT2D eigenvalue weighted by Crippen LogP contribution is 2.20. The lowest BCUT2D eigenvalue weighted by atomic mass is 10.1. The highest BCUT2D eigenvalue weighted by atomic mass is 35.5. The van der Waals surface area contributed by atoms with Crippen molar-refractivity contribution in [2.24, 2.45) is 0 Å². The highest BCUT2D eigenvalue weighted by Gasteiger charge is 2.10. The van der Waals surface area contributed by atoms with E-state index >= 15 is 0 Å². The quantitative estimate of drug-likeness (QED) is 0.717. The molecule has 1 unspecified atom stereocenters. The van der Waals surface area contributed by atoms with Gasteiger partial charge in [0.1, 0.15) is 0 Å². The minimum atomic E-state index is 0.381. The minimum absolute atomic E-state index is 0.381. The maximum absolute atomic E-state index is 5.82. The molecule has 0 heterocycles. The van der Waals surface area contributed by atoms with E-state index in [1.807, 2.05) is 12.1 Å². The number of alkyl halides is 1. The Hall–Kier alpha value is -0.240. The Balaban J connectivity index is 2.68. The summed E-state index contributed by atoms with van der Waals surface area (Å²) in [7, 11) is 2.07. The zero-order valence-corrected chi connectivity index (χ0v) is 10.0. The highest BCUT2D eigenvalue weighted by molar-refractivity contribution is 6.30. The lowest BCUT2D eigenvalue weighted by molar-refractivity contribution is 0.277. The Kier molecular flexibility index (Phi) is 4.73. The van der Waals surface area contributed by atoms with E-state index in [4.69, 9.17) is 23.2 Å². The number of benzene rings is 1. The molecule has 1 nitrogen and oxygen atoms in total. The average molecular weight is 232 g/mol. The number of hydrogen-bond acceptors (Lipinski definition) is 1. The van der Waals surface area contributed by atoms with Gasteiger partial charge in [0, 0.05) is 23.5 Å². The summed E-state index contributed by atoms with van der Waals surface area (Å²) in [6.07, 6.45) is 0. The standard InChI is InChI=1S/C11H15Cl2N/c1-9(14(2)8-7-12)10-3-5-11(13)6-4-10/h3-6,9H,7-8H2,1-2H3. The van der Waals surface area contributed by atoms with Crippen LogP contribution in [0.3, 0.4) is 0 Å². The van der Waals surface area contributed by atoms with Gasteiger partial charge in [-0.15, -0.1) is 11.6 Å². The Morgan fingerprint density at radius 3 is 2.36 bits per heavy atom. The predicted molar refractivity (Wildman–Crippen MR) is 63.2 cm³/mol. The molecule has 0 spiro atoms. The molecule has 78 valence electrons. The van der Waals surface area contributed by atoms with Gasteiger partial charge >= 0.3 is 0 Å². The van der Waals surface area contributed by atoms with Crippen molar-refractivity contribution in [1.29, 1.82) is 0 Å². The van der Waals surface area contributed by atoms with Crippen molar-refractivity contribution in [1.82, 2.24) is 4.90 Å². The SMILES string of the molecule is CC(c1ccc(Cl)cc1)N(C)CCCl. The fourth-order valence-corrected chi connectivity index (χ4v) is 1.72. The smallest absolute Gasteiger partial charge is 0.0406 e. The molecule has 14 heavy (non-hydrogen) atoms. The molecule has 0 saturated carbocycles. The van der Waals surface area contributed by atoms with Crippen molar-refractivity contribution in [3.8, 4) is 0 Å². The summed E-state index contributed by atoms with van der Waals surface area (Å²) in [5.41, 5.74) is 1.27. The molecule has 0 fully saturated rings. The van der Waals surface area contributed by atoms with Crippen LogP contribution in [0.4, 0.5) is 0 Å². The summed E-state index contributed by atoms with van der Waals surface area (Å²) in [5.74, 6) is 0.661. The Morgan fingerprint density at radius 1 is 1.29 bits per heavy atom. The van der Waals surface area contributed by atoms with E-state index in [9.17, 15) is 0 Å². The number of hydrogen-bond donors (Lipinski definition) is 0. The molecular formula is C11H15Cl2N. The van der Waals surface area contributed by atoms with Crippen LogP contribution in [0.5, 0.6) is 0 Å². The zero-order chi connectivity index (χ0) is 10.6. The summed E-state index contributed by atoms with van der Waals surface area (Å²) in [5, 5.41) is 0.779. The minimum Gasteiger partial charge on any atom is -0.298 e. The second-order valence-corrected chi connectivity index (χ2v) is 4.21. The number of nitrogens with zero attached hydrogens (tertiary/aromatic N) is 1. The third-order valence-electron chi connectivity index (χ3n) is 2.45. The lowest BCUT2D eigenvalue weighted by Crippen LogP contribution is -2.24. The maximum atomic E-state index is 5.82. The molecule has 1 atom stereocenters. The van der Waals surface area contributed by atoms with Crippen LogP contribution in [0.25, 0.3) is 0 Å². The number of halogens is 2. The summed E-state index contributed by atoms with van der Waals surface area (Å²) < 4.78 is 0. The molecule has 0 amide bonds. The van der Waals surface area contributed by atoms with Gasteiger partial charge < -0.3 is 0 Å². The molecule has 0 aliphatic carbocycles. The van der Waals surface area contributed by atoms with Crippen LogP contribution in [0.2, 0.25) is 5.02 Å². The van der Waals surface area contributed by atoms with E-state index in [2.05, 4.69) is 31.0 Å². The van der Waals surface area contributed by atoms with Gasteiger partial charge in [0.25, 0.3) is 0 Å². The zero-order valence-electron chi connectivity index (χ0n) is 8.50. The fraction of sp³-hybridized carbons (Fsp3) is 0.455. The lowest BCUT2D eigenvalue weighted by Gasteiger charge is -2.24. The second kappa shape index (κ2) is 5.59. The van der Waals surface area contributed by atoms with Crippen molar-refractivity contribution in [3.63, 3.8) is 0 Å². The third kappa shape index (κ3) is 3.16. The molecular weight excluding hydrogens is 217 g/mol. The van der Waals surface area contributed by atoms with Crippen LogP contribution in [0, 0.1) is 0 Å². The first-order valence-corrected chi connectivity index (χ1v) is 5.58. The van der Waals surface area contributed by atoms with Gasteiger partial charge in [-0.05, 0) is 31.7 Å². The molecule has 1 aromatic rings. The van der Waals surface area contributed by atoms with E-state index in [0.717, 1.165) is 11.6 Å². The molecule has 0 N–H and O–H groups in total. The van der Waals surface area contributed by atoms with Crippen LogP contribution in [0.1, 0.15) is 18.5 Å². The Morgan fingerprint density at radius 2 is 1.86 bits per heavy atom. The van der Waals surface area contributed by atoms with Gasteiger partial charge in [-0.2, -0.15) is 0 Å². The van der Waals surface area contributed by atoms with E-state index in [0.29, 0.717) is 11.9 Å². The molecule has 0 aromatic heterocycles. The first-order valence-electron chi connectivity index (χ1n) is 4.67. The van der Waals surface area contributed by atoms with Crippen molar-refractivity contribution in [3.05, 3.63) is 34.9 Å². The van der Waals surface area contributed by atoms with Gasteiger partial charge in [0.15, 0.2) is 0 Å². The van der Waals surface area contributed by atoms with Gasteiger partial charge in [0.05, 0.1) is 0 Å². The Bertz CT molecular complexity index is 271. The van der Waals surface area contributed by atoms with E-state index in [1.165, 1.54) is 5.56 Å². The average Bonchev–Trinajstić information content (AvgIpc) is 2.18. The van der Waals surface area contributed by atoms with E-state index < -0.39 is 0 Å². The van der Waals surface area contributed by atoms with E-state index in [1.54, 1.807) is 0 Å². The maximum Gasteiger partial charge on any atom is 0.0406 e. The molecule has 0 radical (unpaired) electrons. The normalized spacial score (nSPS) is 13.2. The van der Waals surface area contributed by atoms with Crippen LogP contribution in [0.15, 0.2) is 24.3 Å². The number of rotatable bonds is 4. The predicted octanol–water partition coefficient (Wildman–Crippen LogP) is 3.57. The topological polar surface area (TPSA) is 3.24 Å². The van der Waals surface area contributed by atoms with Crippen LogP contribution in [-0.2, 0) is 0 Å². The summed E-state index contributed by atoms with van der Waals surface area (Å²) in [4.78, 5) is 2.22. The molecule has 0 bridgehead atoms. The fourth-order valence-electron chi connectivity index (χ4n) is 1.32. The Labute approximate surface area is 95.6 Å². The van der Waals surface area contributed by atoms with Gasteiger partial charge in [-0.25, -0.2) is 0 Å². The molecule has 0 saturated heterocycles. The molecule has 0 aliphatic heterocycles. The van der Waals surface area contributed by atoms with Crippen molar-refractivity contribution >= 4 is 23.2 Å². The van der Waals surface area contributed by atoms with Crippen LogP contribution < -0.4 is 0 Å². The second-order valence-electron chi connectivity index (χ2n) is 3.40. The molecule has 0 aliphatic rings. The van der Waals surface area contributed by atoms with Gasteiger partial charge in [-0.3, -0.25) is 4.90 Å².